The van der Waals surface area contributed by atoms with Gasteiger partial charge in [0.05, 0.1) is 11.1 Å². The summed E-state index contributed by atoms with van der Waals surface area (Å²) in [5, 5.41) is 0. The van der Waals surface area contributed by atoms with E-state index in [0.29, 0.717) is 0 Å². The van der Waals surface area contributed by atoms with Crippen molar-refractivity contribution in [3.05, 3.63) is 59.4 Å². The fraction of sp³-hybridized carbons (Fsp3) is 0.250. The van der Waals surface area contributed by atoms with E-state index in [0.717, 1.165) is 12.1 Å². The van der Waals surface area contributed by atoms with Gasteiger partial charge in [-0.25, -0.2) is 12.8 Å². The Labute approximate surface area is 155 Å². The lowest BCUT2D eigenvalue weighted by Crippen LogP contribution is -2.22. The van der Waals surface area contributed by atoms with Crippen molar-refractivity contribution in [1.29, 1.82) is 0 Å². The third kappa shape index (κ3) is 6.29. The Morgan fingerprint density at radius 3 is 1.82 bits per heavy atom. The van der Waals surface area contributed by atoms with Crippen LogP contribution in [-0.4, -0.2) is 20.8 Å². The van der Waals surface area contributed by atoms with Crippen molar-refractivity contribution in [3.63, 3.8) is 0 Å². The Bertz CT molecular complexity index is 890. The maximum Gasteiger partial charge on any atom is 0.416 e. The van der Waals surface area contributed by atoms with Crippen molar-refractivity contribution in [2.75, 3.05) is 17.1 Å². The Morgan fingerprint density at radius 2 is 1.36 bits per heavy atom. The minimum absolute atomic E-state index is 0.116. The molecule has 0 radical (unpaired) electrons. The van der Waals surface area contributed by atoms with Crippen molar-refractivity contribution in [3.8, 4) is 5.75 Å². The van der Waals surface area contributed by atoms with Gasteiger partial charge in [-0.1, -0.05) is 0 Å². The van der Waals surface area contributed by atoms with Crippen LogP contribution in [0.5, 0.6) is 5.75 Å². The number of hydrogen-bond donors (Lipinski definition) is 1. The second kappa shape index (κ2) is 7.86. The fourth-order valence-electron chi connectivity index (χ4n) is 2.04. The standard InChI is InChI=1S/C16H12F7NO3S/c17-12-1-3-14(4-2-12)27-5-6-28(25,26)24-13-8-10(15(18,19)20)7-11(9-13)16(21,22)23/h1-4,7-9,24H,5-6H2. The molecule has 0 saturated carbocycles. The Morgan fingerprint density at radius 1 is 0.857 bits per heavy atom. The van der Waals surface area contributed by atoms with Gasteiger partial charge in [0.15, 0.2) is 0 Å². The number of nitrogens with one attached hydrogen (secondary N) is 1. The number of hydrogen-bond acceptors (Lipinski definition) is 3. The summed E-state index contributed by atoms with van der Waals surface area (Å²) >= 11 is 0. The van der Waals surface area contributed by atoms with Gasteiger partial charge < -0.3 is 4.74 Å². The van der Waals surface area contributed by atoms with Gasteiger partial charge >= 0.3 is 12.4 Å². The number of benzene rings is 2. The minimum atomic E-state index is -5.10. The average Bonchev–Trinajstić information content (AvgIpc) is 2.54. The number of rotatable bonds is 6. The van der Waals surface area contributed by atoms with E-state index in [1.807, 2.05) is 0 Å². The molecule has 2 aromatic carbocycles. The molecule has 0 bridgehead atoms. The van der Waals surface area contributed by atoms with E-state index in [2.05, 4.69) is 0 Å². The monoisotopic (exact) mass is 431 g/mol. The molecule has 0 aliphatic heterocycles. The Hall–Kier alpha value is -2.50. The molecule has 0 fully saturated rings. The maximum atomic E-state index is 12.8. The third-order valence-electron chi connectivity index (χ3n) is 3.30. The molecule has 0 amide bonds. The predicted octanol–water partition coefficient (Wildman–Crippen LogP) is 4.68. The summed E-state index contributed by atoms with van der Waals surface area (Å²) in [6, 6.07) is 4.96. The smallest absolute Gasteiger partial charge is 0.416 e. The molecule has 0 heterocycles. The summed E-state index contributed by atoms with van der Waals surface area (Å²) in [7, 11) is -4.32. The summed E-state index contributed by atoms with van der Waals surface area (Å²) in [6.45, 7) is -0.466. The van der Waals surface area contributed by atoms with Crippen LogP contribution in [-0.2, 0) is 22.4 Å². The predicted molar refractivity (Wildman–Crippen MR) is 85.8 cm³/mol. The highest BCUT2D eigenvalue weighted by atomic mass is 32.2. The van der Waals surface area contributed by atoms with Crippen LogP contribution < -0.4 is 9.46 Å². The lowest BCUT2D eigenvalue weighted by Gasteiger charge is -2.15. The summed E-state index contributed by atoms with van der Waals surface area (Å²) in [5.41, 5.74) is -4.19. The topological polar surface area (TPSA) is 55.4 Å². The van der Waals surface area contributed by atoms with Crippen LogP contribution in [0.1, 0.15) is 11.1 Å². The molecule has 0 atom stereocenters. The van der Waals surface area contributed by atoms with Crippen molar-refractivity contribution in [1.82, 2.24) is 0 Å². The van der Waals surface area contributed by atoms with Crippen LogP contribution in [0.3, 0.4) is 0 Å². The van der Waals surface area contributed by atoms with Gasteiger partial charge in [-0.2, -0.15) is 26.3 Å². The van der Waals surface area contributed by atoms with Gasteiger partial charge in [-0.15, -0.1) is 0 Å². The number of halogens is 7. The first-order valence-corrected chi connectivity index (χ1v) is 9.10. The lowest BCUT2D eigenvalue weighted by atomic mass is 10.1. The van der Waals surface area contributed by atoms with E-state index < -0.39 is 57.4 Å². The van der Waals surface area contributed by atoms with Gasteiger partial charge in [0, 0.05) is 5.69 Å². The van der Waals surface area contributed by atoms with Gasteiger partial charge in [0.1, 0.15) is 23.9 Å². The average molecular weight is 431 g/mol. The first kappa shape index (κ1) is 21.8. The highest BCUT2D eigenvalue weighted by molar-refractivity contribution is 7.92. The van der Waals surface area contributed by atoms with Gasteiger partial charge in [0.25, 0.3) is 0 Å². The first-order valence-electron chi connectivity index (χ1n) is 7.45. The van der Waals surface area contributed by atoms with E-state index in [-0.39, 0.29) is 23.9 Å². The van der Waals surface area contributed by atoms with Crippen molar-refractivity contribution >= 4 is 15.7 Å². The quantitative estimate of drug-likeness (QED) is 0.676. The van der Waals surface area contributed by atoms with E-state index in [9.17, 15) is 39.2 Å². The van der Waals surface area contributed by atoms with Crippen LogP contribution in [0.4, 0.5) is 36.4 Å². The van der Waals surface area contributed by atoms with E-state index >= 15 is 0 Å². The number of anilines is 1. The molecule has 0 aliphatic rings. The molecule has 2 rings (SSSR count). The fourth-order valence-corrected chi connectivity index (χ4v) is 2.93. The summed E-state index contributed by atoms with van der Waals surface area (Å²) < 4.78 is 120. The molecule has 0 spiro atoms. The molecule has 0 saturated heterocycles. The van der Waals surface area contributed by atoms with Crippen LogP contribution in [0, 0.1) is 5.82 Å². The molecule has 2 aromatic rings. The minimum Gasteiger partial charge on any atom is -0.492 e. The highest BCUT2D eigenvalue weighted by Gasteiger charge is 2.37. The van der Waals surface area contributed by atoms with E-state index in [1.165, 1.54) is 12.1 Å². The molecule has 4 nitrogen and oxygen atoms in total. The molecule has 28 heavy (non-hydrogen) atoms. The summed E-state index contributed by atoms with van der Waals surface area (Å²) in [6.07, 6.45) is -10.2. The second-order valence-electron chi connectivity index (χ2n) is 5.52. The van der Waals surface area contributed by atoms with Crippen LogP contribution in [0.15, 0.2) is 42.5 Å². The van der Waals surface area contributed by atoms with E-state index in [1.54, 1.807) is 4.72 Å². The molecule has 154 valence electrons. The third-order valence-corrected chi connectivity index (χ3v) is 4.55. The van der Waals surface area contributed by atoms with Crippen LogP contribution in [0.2, 0.25) is 0 Å². The zero-order valence-corrected chi connectivity index (χ0v) is 14.6. The Balaban J connectivity index is 2.14. The van der Waals surface area contributed by atoms with E-state index in [4.69, 9.17) is 4.74 Å². The number of sulfonamides is 1. The van der Waals surface area contributed by atoms with Crippen molar-refractivity contribution in [2.45, 2.75) is 12.4 Å². The first-order chi connectivity index (χ1) is 12.8. The van der Waals surface area contributed by atoms with Crippen molar-refractivity contribution in [2.24, 2.45) is 0 Å². The maximum absolute atomic E-state index is 12.8. The molecule has 1 N–H and O–H groups in total. The molecular formula is C16H12F7NO3S. The molecule has 0 unspecified atom stereocenters. The molecule has 12 heteroatoms. The second-order valence-corrected chi connectivity index (χ2v) is 7.36. The van der Waals surface area contributed by atoms with Crippen molar-refractivity contribution < 1.29 is 43.9 Å². The van der Waals surface area contributed by atoms with Gasteiger partial charge in [-0.05, 0) is 42.5 Å². The zero-order valence-electron chi connectivity index (χ0n) is 13.7. The summed E-state index contributed by atoms with van der Waals surface area (Å²) in [4.78, 5) is 0. The van der Waals surface area contributed by atoms with Gasteiger partial charge in [0.2, 0.25) is 10.0 Å². The van der Waals surface area contributed by atoms with Crippen LogP contribution in [0.25, 0.3) is 0 Å². The normalized spacial score (nSPS) is 12.7. The largest absolute Gasteiger partial charge is 0.492 e. The highest BCUT2D eigenvalue weighted by Crippen LogP contribution is 2.37. The SMILES string of the molecule is O=S(=O)(CCOc1ccc(F)cc1)Nc1cc(C(F)(F)F)cc(C(F)(F)F)c1. The van der Waals surface area contributed by atoms with Crippen LogP contribution >= 0.6 is 0 Å². The lowest BCUT2D eigenvalue weighted by molar-refractivity contribution is -0.143. The number of alkyl halides is 6. The Kier molecular flexibility index (Phi) is 6.12. The zero-order chi connectivity index (χ0) is 21.2. The van der Waals surface area contributed by atoms with Gasteiger partial charge in [-0.3, -0.25) is 4.72 Å². The number of ether oxygens (including phenoxy) is 1. The molecule has 0 aromatic heterocycles. The summed E-state index contributed by atoms with van der Waals surface area (Å²) in [5.74, 6) is -1.18. The molecule has 0 aliphatic carbocycles. The molecular weight excluding hydrogens is 419 g/mol.